The molecule has 1 fully saturated rings. The molecule has 3 aromatic rings. The third-order valence-electron chi connectivity index (χ3n) is 6.22. The normalized spacial score (nSPS) is 14.3. The second-order valence-electron chi connectivity index (χ2n) is 8.85. The Morgan fingerprint density at radius 2 is 1.79 bits per heavy atom. The molecule has 200 valence electrons. The van der Waals surface area contributed by atoms with Crippen molar-refractivity contribution in [3.8, 4) is 0 Å². The number of carbonyl (C=O) groups excluding carboxylic acids is 2. The van der Waals surface area contributed by atoms with Crippen LogP contribution in [0.2, 0.25) is 5.02 Å². The number of H-pyrrole nitrogens is 1. The van der Waals surface area contributed by atoms with E-state index in [1.165, 1.54) is 0 Å². The molecule has 38 heavy (non-hydrogen) atoms. The fraction of sp³-hybridized carbons (Fsp3) is 0.296. The van der Waals surface area contributed by atoms with Gasteiger partial charge in [0.1, 0.15) is 13.2 Å². The molecule has 0 spiro atoms. The van der Waals surface area contributed by atoms with E-state index in [4.69, 9.17) is 21.4 Å². The van der Waals surface area contributed by atoms with Crippen LogP contribution in [0.5, 0.6) is 0 Å². The van der Waals surface area contributed by atoms with Crippen molar-refractivity contribution >= 4 is 68.4 Å². The highest BCUT2D eigenvalue weighted by Gasteiger charge is 2.22. The number of hydrogen-bond donors (Lipinski definition) is 3. The number of aromatic amines is 1. The number of hydrogen-bond acceptors (Lipinski definition) is 5. The van der Waals surface area contributed by atoms with Gasteiger partial charge in [-0.05, 0) is 35.9 Å². The Morgan fingerprint density at radius 3 is 2.50 bits per heavy atom. The summed E-state index contributed by atoms with van der Waals surface area (Å²) >= 11 is 9.48. The van der Waals surface area contributed by atoms with Gasteiger partial charge < -0.3 is 25.0 Å². The number of ether oxygens (including phenoxy) is 1. The zero-order valence-corrected chi connectivity index (χ0v) is 22.9. The van der Waals surface area contributed by atoms with E-state index in [0.717, 1.165) is 20.9 Å². The lowest BCUT2D eigenvalue weighted by Gasteiger charge is -2.34. The number of amides is 2. The Kier molecular flexibility index (Phi) is 9.57. The molecule has 0 aliphatic carbocycles. The van der Waals surface area contributed by atoms with Crippen LogP contribution in [0, 0.1) is 0 Å². The first kappa shape index (κ1) is 27.8. The summed E-state index contributed by atoms with van der Waals surface area (Å²) in [4.78, 5) is 43.2. The summed E-state index contributed by atoms with van der Waals surface area (Å²) in [6.45, 7) is 2.76. The smallest absolute Gasteiger partial charge is 0.329 e. The molecule has 9 nitrogen and oxygen atoms in total. The summed E-state index contributed by atoms with van der Waals surface area (Å²) in [7, 11) is 0. The minimum atomic E-state index is -1.10. The van der Waals surface area contributed by atoms with Crippen molar-refractivity contribution in [2.75, 3.05) is 52.5 Å². The zero-order chi connectivity index (χ0) is 27.1. The monoisotopic (exact) mass is 602 g/mol. The topological polar surface area (TPSA) is 115 Å². The molecule has 0 atom stereocenters. The van der Waals surface area contributed by atoms with Gasteiger partial charge in [-0.15, -0.1) is 0 Å². The molecule has 1 aliphatic rings. The molecule has 2 heterocycles. The fourth-order valence-electron chi connectivity index (χ4n) is 4.27. The van der Waals surface area contributed by atoms with Gasteiger partial charge in [0.2, 0.25) is 5.91 Å². The molecule has 4 rings (SSSR count). The van der Waals surface area contributed by atoms with E-state index in [0.29, 0.717) is 55.5 Å². The van der Waals surface area contributed by atoms with E-state index in [2.05, 4.69) is 31.1 Å². The number of carbonyl (C=O) groups is 3. The van der Waals surface area contributed by atoms with E-state index < -0.39 is 12.6 Å². The molecule has 0 bridgehead atoms. The third-order valence-corrected chi connectivity index (χ3v) is 6.96. The molecule has 0 radical (unpaired) electrons. The van der Waals surface area contributed by atoms with Crippen molar-refractivity contribution in [2.45, 2.75) is 0 Å². The summed E-state index contributed by atoms with van der Waals surface area (Å²) in [5.74, 6) is -1.49. The van der Waals surface area contributed by atoms with Crippen LogP contribution in [0.4, 0.5) is 0 Å². The molecule has 2 amide bonds. The molecule has 3 N–H and O–H groups in total. The van der Waals surface area contributed by atoms with Gasteiger partial charge in [0.25, 0.3) is 5.91 Å². The quantitative estimate of drug-likeness (QED) is 0.325. The van der Waals surface area contributed by atoms with Crippen molar-refractivity contribution in [2.24, 2.45) is 0 Å². The predicted molar refractivity (Wildman–Crippen MR) is 150 cm³/mol. The fourth-order valence-corrected chi connectivity index (χ4v) is 4.75. The number of halogens is 2. The van der Waals surface area contributed by atoms with Gasteiger partial charge in [-0.3, -0.25) is 14.5 Å². The molecule has 0 saturated carbocycles. The van der Waals surface area contributed by atoms with Crippen molar-refractivity contribution in [1.29, 1.82) is 0 Å². The van der Waals surface area contributed by atoms with Crippen LogP contribution in [0.25, 0.3) is 23.1 Å². The highest BCUT2D eigenvalue weighted by molar-refractivity contribution is 9.10. The van der Waals surface area contributed by atoms with Gasteiger partial charge in [0.05, 0.1) is 11.3 Å². The van der Waals surface area contributed by atoms with E-state index in [1.54, 1.807) is 4.90 Å². The Balaban J connectivity index is 1.34. The number of carboxylic acids is 1. The second kappa shape index (κ2) is 13.1. The number of nitrogens with zero attached hydrogens (tertiary/aromatic N) is 2. The standard InChI is InChI=1S/C27H28BrClN4O5/c28-19-4-7-21-23(15-19)31-22(8-3-18-1-5-20(29)6-2-18)26(21)27(37)30-9-10-32-11-13-33(14-12-32)24(34)16-38-17-25(35)36/h1-8,15,31H,9-14,16-17H2,(H,30,37)(H,35,36)/b8-3+. The largest absolute Gasteiger partial charge is 0.480 e. The molecular formula is C27H28BrClN4O5. The Bertz CT molecular complexity index is 1330. The molecule has 0 unspecified atom stereocenters. The van der Waals surface area contributed by atoms with Gasteiger partial charge in [0.15, 0.2) is 0 Å². The van der Waals surface area contributed by atoms with Crippen LogP contribution < -0.4 is 5.32 Å². The van der Waals surface area contributed by atoms with Crippen LogP contribution in [-0.4, -0.2) is 90.2 Å². The van der Waals surface area contributed by atoms with Gasteiger partial charge in [0, 0.05) is 59.7 Å². The first-order valence-corrected chi connectivity index (χ1v) is 13.3. The van der Waals surface area contributed by atoms with Gasteiger partial charge >= 0.3 is 5.97 Å². The highest BCUT2D eigenvalue weighted by Crippen LogP contribution is 2.27. The lowest BCUT2D eigenvalue weighted by atomic mass is 10.1. The van der Waals surface area contributed by atoms with Crippen LogP contribution in [0.15, 0.2) is 46.9 Å². The van der Waals surface area contributed by atoms with Crippen LogP contribution >= 0.6 is 27.5 Å². The average molecular weight is 604 g/mol. The third kappa shape index (κ3) is 7.44. The molecular weight excluding hydrogens is 576 g/mol. The SMILES string of the molecule is O=C(O)COCC(=O)N1CCN(CCNC(=O)c2c(/C=C/c3ccc(Cl)cc3)[nH]c3cc(Br)ccc23)CC1. The Labute approximate surface area is 233 Å². The number of rotatable bonds is 10. The first-order valence-electron chi connectivity index (χ1n) is 12.1. The molecule has 11 heteroatoms. The molecule has 1 aromatic heterocycles. The van der Waals surface area contributed by atoms with E-state index in [1.807, 2.05) is 54.6 Å². The van der Waals surface area contributed by atoms with Crippen molar-refractivity contribution in [3.63, 3.8) is 0 Å². The van der Waals surface area contributed by atoms with Crippen LogP contribution in [0.3, 0.4) is 0 Å². The number of benzene rings is 2. The maximum atomic E-state index is 13.3. The molecule has 2 aromatic carbocycles. The van der Waals surface area contributed by atoms with Crippen LogP contribution in [0.1, 0.15) is 21.6 Å². The molecule has 1 saturated heterocycles. The number of aliphatic carboxylic acids is 1. The summed E-state index contributed by atoms with van der Waals surface area (Å²) in [5.41, 5.74) is 3.11. The number of carboxylic acid groups (broad SMARTS) is 1. The van der Waals surface area contributed by atoms with Crippen molar-refractivity contribution in [3.05, 3.63) is 68.8 Å². The van der Waals surface area contributed by atoms with Gasteiger partial charge in [-0.25, -0.2) is 4.79 Å². The summed E-state index contributed by atoms with van der Waals surface area (Å²) in [6.07, 6.45) is 3.82. The first-order chi connectivity index (χ1) is 18.3. The second-order valence-corrected chi connectivity index (χ2v) is 10.2. The van der Waals surface area contributed by atoms with Gasteiger partial charge in [-0.2, -0.15) is 0 Å². The zero-order valence-electron chi connectivity index (χ0n) is 20.6. The highest BCUT2D eigenvalue weighted by atomic mass is 79.9. The summed E-state index contributed by atoms with van der Waals surface area (Å²) < 4.78 is 5.80. The lowest BCUT2D eigenvalue weighted by Crippen LogP contribution is -2.51. The summed E-state index contributed by atoms with van der Waals surface area (Å²) in [5, 5.41) is 13.1. The average Bonchev–Trinajstić information content (AvgIpc) is 3.26. The van der Waals surface area contributed by atoms with Gasteiger partial charge in [-0.1, -0.05) is 51.8 Å². The van der Waals surface area contributed by atoms with E-state index >= 15 is 0 Å². The van der Waals surface area contributed by atoms with E-state index in [9.17, 15) is 14.4 Å². The lowest BCUT2D eigenvalue weighted by molar-refractivity contribution is -0.146. The predicted octanol–water partition coefficient (Wildman–Crippen LogP) is 3.73. The Morgan fingerprint density at radius 1 is 1.05 bits per heavy atom. The Hall–Kier alpha value is -3.18. The number of nitrogens with one attached hydrogen (secondary N) is 2. The molecule has 1 aliphatic heterocycles. The number of aromatic nitrogens is 1. The maximum absolute atomic E-state index is 13.3. The van der Waals surface area contributed by atoms with Crippen LogP contribution in [-0.2, 0) is 14.3 Å². The van der Waals surface area contributed by atoms with E-state index in [-0.39, 0.29) is 18.4 Å². The minimum Gasteiger partial charge on any atom is -0.480 e. The number of fused-ring (bicyclic) bond motifs is 1. The summed E-state index contributed by atoms with van der Waals surface area (Å²) in [6, 6.07) is 13.2. The van der Waals surface area contributed by atoms with Crippen molar-refractivity contribution in [1.82, 2.24) is 20.1 Å². The maximum Gasteiger partial charge on any atom is 0.329 e. The van der Waals surface area contributed by atoms with Crippen molar-refractivity contribution < 1.29 is 24.2 Å². The number of piperazine rings is 1. The minimum absolute atomic E-state index is 0.168.